The molecule has 2 N–H and O–H groups in total. The second-order valence-corrected chi connectivity index (χ2v) is 16.8. The normalized spacial score (nSPS) is 18.7. The first-order valence-electron chi connectivity index (χ1n) is 15.1. The lowest BCUT2D eigenvalue weighted by Crippen LogP contribution is -2.67. The average Bonchev–Trinajstić information content (AvgIpc) is 3.41. The summed E-state index contributed by atoms with van der Waals surface area (Å²) in [6.45, 7) is 8.50. The third-order valence-electron chi connectivity index (χ3n) is 8.40. The number of hydrogen-bond acceptors (Lipinski definition) is 5. The van der Waals surface area contributed by atoms with Crippen LogP contribution in [0.2, 0.25) is 5.04 Å². The Hall–Kier alpha value is -4.05. The van der Waals surface area contributed by atoms with Crippen LogP contribution in [0.25, 0.3) is 0 Å². The molecule has 5 rings (SSSR count). The van der Waals surface area contributed by atoms with Gasteiger partial charge in [0.2, 0.25) is 5.91 Å². The molecule has 1 saturated heterocycles. The van der Waals surface area contributed by atoms with Gasteiger partial charge in [-0.3, -0.25) is 19.1 Å². The van der Waals surface area contributed by atoms with Gasteiger partial charge in [-0.05, 0) is 34.3 Å². The molecule has 3 aromatic carbocycles. The fraction of sp³-hybridized carbons (Fsp3) is 0.343. The van der Waals surface area contributed by atoms with E-state index in [1.807, 2.05) is 66.7 Å². The van der Waals surface area contributed by atoms with Gasteiger partial charge in [0, 0.05) is 24.6 Å². The smallest absolute Gasteiger partial charge is 0.330 e. The molecule has 0 saturated carbocycles. The molecule has 8 nitrogen and oxygen atoms in total. The molecule has 1 amide bonds. The van der Waals surface area contributed by atoms with Crippen molar-refractivity contribution < 1.29 is 14.0 Å². The Labute approximate surface area is 259 Å². The molecule has 2 heterocycles. The Morgan fingerprint density at radius 2 is 1.52 bits per heavy atom. The number of nitrogens with zero attached hydrogens (tertiary/aromatic N) is 1. The van der Waals surface area contributed by atoms with Crippen molar-refractivity contribution in [3.63, 3.8) is 0 Å². The Kier molecular flexibility index (Phi) is 9.48. The summed E-state index contributed by atoms with van der Waals surface area (Å²) < 4.78 is 15.1. The Bertz CT molecular complexity index is 1630. The van der Waals surface area contributed by atoms with E-state index in [0.717, 1.165) is 15.9 Å². The highest BCUT2D eigenvalue weighted by molar-refractivity contribution is 6.99. The number of aryl methyl sites for hydroxylation is 2. The van der Waals surface area contributed by atoms with Gasteiger partial charge in [0.25, 0.3) is 13.9 Å². The predicted molar refractivity (Wildman–Crippen MR) is 175 cm³/mol. The summed E-state index contributed by atoms with van der Waals surface area (Å²) in [5.41, 5.74) is 0.517. The lowest BCUT2D eigenvalue weighted by atomic mass is 10.1. The minimum absolute atomic E-state index is 0.0939. The number of H-pyrrole nitrogens is 1. The van der Waals surface area contributed by atoms with E-state index in [9.17, 15) is 14.4 Å². The molecule has 9 heteroatoms. The largest absolute Gasteiger partial charge is 0.405 e. The summed E-state index contributed by atoms with van der Waals surface area (Å²) in [7, 11) is -2.88. The molecule has 1 fully saturated rings. The van der Waals surface area contributed by atoms with Crippen LogP contribution in [0.4, 0.5) is 0 Å². The molecular weight excluding hydrogens is 570 g/mol. The summed E-state index contributed by atoms with van der Waals surface area (Å²) in [5.74, 6) is -0.0939. The van der Waals surface area contributed by atoms with Crippen LogP contribution in [0.5, 0.6) is 0 Å². The highest BCUT2D eigenvalue weighted by Gasteiger charge is 2.51. The SMILES string of the molecule is Cc1cn([C@H]2C[C@H](NC(=O)CCc3ccccc3)[C@@H](CO[Si](c3ccccc3)(c3ccccc3)C(C)(C)C)O2)c(=O)[nH]c1=O. The fourth-order valence-electron chi connectivity index (χ4n) is 6.16. The molecular formula is C35H41N3O5Si. The fourth-order valence-corrected chi connectivity index (χ4v) is 10.7. The van der Waals surface area contributed by atoms with Crippen LogP contribution in [0.3, 0.4) is 0 Å². The second-order valence-electron chi connectivity index (χ2n) is 12.5. The highest BCUT2D eigenvalue weighted by atomic mass is 28.4. The number of aromatic amines is 1. The van der Waals surface area contributed by atoms with Crippen LogP contribution in [0, 0.1) is 6.92 Å². The number of carbonyl (C=O) groups is 1. The van der Waals surface area contributed by atoms with E-state index in [1.165, 1.54) is 10.8 Å². The van der Waals surface area contributed by atoms with Crippen LogP contribution in [-0.4, -0.2) is 42.5 Å². The number of hydrogen-bond donors (Lipinski definition) is 2. The molecule has 0 radical (unpaired) electrons. The second kappa shape index (κ2) is 13.3. The zero-order chi connectivity index (χ0) is 31.3. The lowest BCUT2D eigenvalue weighted by Gasteiger charge is -2.43. The van der Waals surface area contributed by atoms with Gasteiger partial charge >= 0.3 is 5.69 Å². The summed E-state index contributed by atoms with van der Waals surface area (Å²) in [6.07, 6.45) is 1.62. The molecule has 1 aliphatic heterocycles. The number of amides is 1. The zero-order valence-electron chi connectivity index (χ0n) is 25.8. The summed E-state index contributed by atoms with van der Waals surface area (Å²) in [5, 5.41) is 5.23. The van der Waals surface area contributed by atoms with Gasteiger partial charge in [0.15, 0.2) is 0 Å². The third kappa shape index (κ3) is 6.70. The van der Waals surface area contributed by atoms with E-state index >= 15 is 0 Å². The van der Waals surface area contributed by atoms with Crippen molar-refractivity contribution in [3.8, 4) is 0 Å². The number of benzene rings is 3. The maximum absolute atomic E-state index is 13.2. The standard InChI is InChI=1S/C35H41N3O5Si/c1-25-23-38(34(41)37-33(25)40)32-22-29(36-31(39)21-20-26-14-8-5-9-15-26)30(43-32)24-42-44(35(2,3)4,27-16-10-6-11-17-27)28-18-12-7-13-19-28/h5-19,23,29-30,32H,20-22,24H2,1-4H3,(H,36,39)(H,37,40,41)/t29-,30+,32+/m0/s1. The minimum Gasteiger partial charge on any atom is -0.405 e. The molecule has 3 atom stereocenters. The van der Waals surface area contributed by atoms with Gasteiger partial charge in [-0.25, -0.2) is 4.79 Å². The quantitative estimate of drug-likeness (QED) is 0.266. The van der Waals surface area contributed by atoms with E-state index in [2.05, 4.69) is 55.3 Å². The van der Waals surface area contributed by atoms with E-state index in [1.54, 1.807) is 6.92 Å². The van der Waals surface area contributed by atoms with E-state index < -0.39 is 37.9 Å². The van der Waals surface area contributed by atoms with Crippen molar-refractivity contribution in [1.29, 1.82) is 0 Å². The molecule has 1 aliphatic rings. The molecule has 4 aromatic rings. The summed E-state index contributed by atoms with van der Waals surface area (Å²) in [6, 6.07) is 30.2. The molecule has 44 heavy (non-hydrogen) atoms. The number of carbonyl (C=O) groups excluding carboxylic acids is 1. The van der Waals surface area contributed by atoms with Crippen LogP contribution < -0.4 is 26.9 Å². The first kappa shape index (κ1) is 31.4. The first-order valence-corrected chi connectivity index (χ1v) is 17.0. The van der Waals surface area contributed by atoms with Crippen molar-refractivity contribution in [2.75, 3.05) is 6.61 Å². The van der Waals surface area contributed by atoms with Crippen LogP contribution in [0.1, 0.15) is 51.0 Å². The van der Waals surface area contributed by atoms with Gasteiger partial charge in [-0.1, -0.05) is 112 Å². The molecule has 1 aromatic heterocycles. The maximum Gasteiger partial charge on any atom is 0.330 e. The maximum atomic E-state index is 13.2. The van der Waals surface area contributed by atoms with E-state index in [4.69, 9.17) is 9.16 Å². The Morgan fingerprint density at radius 3 is 2.09 bits per heavy atom. The molecule has 0 unspecified atom stereocenters. The van der Waals surface area contributed by atoms with Crippen LogP contribution >= 0.6 is 0 Å². The molecule has 0 bridgehead atoms. The number of aromatic nitrogens is 2. The van der Waals surface area contributed by atoms with Crippen molar-refractivity contribution >= 4 is 24.6 Å². The Morgan fingerprint density at radius 1 is 0.955 bits per heavy atom. The van der Waals surface area contributed by atoms with Crippen LogP contribution in [-0.2, 0) is 20.4 Å². The van der Waals surface area contributed by atoms with Gasteiger partial charge in [0.05, 0.1) is 12.6 Å². The summed E-state index contributed by atoms with van der Waals surface area (Å²) in [4.78, 5) is 40.5. The van der Waals surface area contributed by atoms with Gasteiger partial charge in [-0.15, -0.1) is 0 Å². The topological polar surface area (TPSA) is 102 Å². The minimum atomic E-state index is -2.88. The lowest BCUT2D eigenvalue weighted by molar-refractivity contribution is -0.122. The van der Waals surface area contributed by atoms with Crippen molar-refractivity contribution in [3.05, 3.63) is 129 Å². The third-order valence-corrected chi connectivity index (χ3v) is 13.4. The first-order chi connectivity index (χ1) is 21.1. The molecule has 0 aliphatic carbocycles. The number of nitrogens with one attached hydrogen (secondary N) is 2. The van der Waals surface area contributed by atoms with Gasteiger partial charge in [-0.2, -0.15) is 0 Å². The predicted octanol–water partition coefficient (Wildman–Crippen LogP) is 3.83. The van der Waals surface area contributed by atoms with Crippen LogP contribution in [0.15, 0.2) is 107 Å². The summed E-state index contributed by atoms with van der Waals surface area (Å²) >= 11 is 0. The van der Waals surface area contributed by atoms with E-state index in [-0.39, 0.29) is 17.6 Å². The van der Waals surface area contributed by atoms with Crippen molar-refractivity contribution in [1.82, 2.24) is 14.9 Å². The molecule has 230 valence electrons. The number of ether oxygens (including phenoxy) is 1. The monoisotopic (exact) mass is 611 g/mol. The zero-order valence-corrected chi connectivity index (χ0v) is 26.8. The van der Waals surface area contributed by atoms with Gasteiger partial charge < -0.3 is 14.5 Å². The Balaban J connectivity index is 1.45. The van der Waals surface area contributed by atoms with Crippen molar-refractivity contribution in [2.45, 2.75) is 70.4 Å². The number of rotatable bonds is 10. The van der Waals surface area contributed by atoms with Gasteiger partial charge in [0.1, 0.15) is 12.3 Å². The average molecular weight is 612 g/mol. The van der Waals surface area contributed by atoms with Crippen molar-refractivity contribution in [2.24, 2.45) is 0 Å². The highest BCUT2D eigenvalue weighted by Crippen LogP contribution is 2.38. The van der Waals surface area contributed by atoms with E-state index in [0.29, 0.717) is 24.8 Å². The molecule has 0 spiro atoms.